The molecule has 1 aliphatic heterocycles. The lowest BCUT2D eigenvalue weighted by molar-refractivity contribution is -0.154. The minimum absolute atomic E-state index is 0.00760. The van der Waals surface area contributed by atoms with Gasteiger partial charge in [-0.1, -0.05) is 65.7 Å². The summed E-state index contributed by atoms with van der Waals surface area (Å²) < 4.78 is 0. The summed E-state index contributed by atoms with van der Waals surface area (Å²) in [6, 6.07) is 12.8. The van der Waals surface area contributed by atoms with Crippen molar-refractivity contribution in [1.82, 2.24) is 10.0 Å². The first-order valence-electron chi connectivity index (χ1n) is 11.3. The van der Waals surface area contributed by atoms with Gasteiger partial charge in [-0.2, -0.15) is 5.01 Å². The highest BCUT2D eigenvalue weighted by atomic mass is 35.5. The Morgan fingerprint density at radius 2 is 1.47 bits per heavy atom. The third kappa shape index (κ3) is 3.16. The van der Waals surface area contributed by atoms with Crippen LogP contribution in [0.15, 0.2) is 60.7 Å². The molecule has 2 saturated carbocycles. The lowest BCUT2D eigenvalue weighted by atomic mass is 9.63. The summed E-state index contributed by atoms with van der Waals surface area (Å²) >= 11 is 12.1. The highest BCUT2D eigenvalue weighted by Gasteiger charge is 2.68. The van der Waals surface area contributed by atoms with E-state index in [1.807, 2.05) is 0 Å². The summed E-state index contributed by atoms with van der Waals surface area (Å²) in [5, 5.41) is 2.35. The fourth-order valence-electron chi connectivity index (χ4n) is 6.04. The van der Waals surface area contributed by atoms with Gasteiger partial charge in [0.05, 0.1) is 21.9 Å². The molecule has 3 amide bonds. The molecule has 2 aromatic rings. The number of halogens is 2. The number of ketones is 1. The summed E-state index contributed by atoms with van der Waals surface area (Å²) in [4.78, 5) is 54.0. The number of imide groups is 1. The number of amides is 3. The number of Topliss-reactive ketones (excluding diaryl/α,β-unsaturated/α-hetero) is 1. The number of hydrazine groups is 1. The second kappa shape index (κ2) is 7.79. The van der Waals surface area contributed by atoms with Crippen LogP contribution in [0.25, 0.3) is 0 Å². The Morgan fingerprint density at radius 3 is 2.06 bits per heavy atom. The summed E-state index contributed by atoms with van der Waals surface area (Å²) in [7, 11) is 0. The first-order valence-corrected chi connectivity index (χ1v) is 12.0. The van der Waals surface area contributed by atoms with E-state index in [0.717, 1.165) is 16.4 Å². The van der Waals surface area contributed by atoms with E-state index in [-0.39, 0.29) is 33.2 Å². The smallest absolute Gasteiger partial charge is 0.273 e. The minimum atomic E-state index is -0.659. The van der Waals surface area contributed by atoms with E-state index in [1.165, 1.54) is 18.2 Å². The van der Waals surface area contributed by atoms with Crippen LogP contribution in [0.1, 0.15) is 27.1 Å². The van der Waals surface area contributed by atoms with Gasteiger partial charge in [0.2, 0.25) is 0 Å². The van der Waals surface area contributed by atoms with E-state index in [0.29, 0.717) is 17.4 Å². The Morgan fingerprint density at radius 1 is 0.853 bits per heavy atom. The number of carbonyl (C=O) groups excluding carboxylic acids is 4. The third-order valence-electron chi connectivity index (χ3n) is 7.67. The Balaban J connectivity index is 1.38. The third-order valence-corrected chi connectivity index (χ3v) is 8.41. The molecule has 7 rings (SSSR count). The van der Waals surface area contributed by atoms with Crippen LogP contribution >= 0.6 is 23.2 Å². The molecule has 0 N–H and O–H groups in total. The molecule has 8 heteroatoms. The molecule has 0 spiro atoms. The van der Waals surface area contributed by atoms with Crippen LogP contribution in [0, 0.1) is 35.5 Å². The fraction of sp³-hybridized carbons (Fsp3) is 0.308. The molecule has 1 heterocycles. The molecular formula is C26H20Cl2N2O4. The Labute approximate surface area is 206 Å². The lowest BCUT2D eigenvalue weighted by Gasteiger charge is -2.37. The molecule has 34 heavy (non-hydrogen) atoms. The van der Waals surface area contributed by atoms with Crippen molar-refractivity contribution < 1.29 is 19.2 Å². The maximum absolute atomic E-state index is 13.6. The second-order valence-electron chi connectivity index (χ2n) is 9.42. The largest absolute Gasteiger partial charge is 0.292 e. The Kier molecular flexibility index (Phi) is 4.94. The zero-order valence-electron chi connectivity index (χ0n) is 17.9. The van der Waals surface area contributed by atoms with Crippen molar-refractivity contribution in [2.24, 2.45) is 35.5 Å². The van der Waals surface area contributed by atoms with Gasteiger partial charge in [0.1, 0.15) is 6.54 Å². The van der Waals surface area contributed by atoms with Gasteiger partial charge in [0.25, 0.3) is 17.7 Å². The molecule has 2 bridgehead atoms. The van der Waals surface area contributed by atoms with E-state index in [2.05, 4.69) is 12.2 Å². The molecule has 6 atom stereocenters. The van der Waals surface area contributed by atoms with Crippen LogP contribution in [-0.4, -0.2) is 40.1 Å². The SMILES string of the molecule is O=C(CN(C(=O)c1ccc(Cl)c(Cl)c1)N1C(=O)[C@@H]2[C@H]3C=C[C@@H]([C@@H]4C[C@@H]34)[C@@H]2C1=O)c1ccccc1. The monoisotopic (exact) mass is 494 g/mol. The van der Waals surface area contributed by atoms with Crippen molar-refractivity contribution in [2.45, 2.75) is 6.42 Å². The molecular weight excluding hydrogens is 475 g/mol. The maximum atomic E-state index is 13.6. The molecule has 0 radical (unpaired) electrons. The lowest BCUT2D eigenvalue weighted by Crippen LogP contribution is -2.52. The topological polar surface area (TPSA) is 74.8 Å². The van der Waals surface area contributed by atoms with Crippen LogP contribution in [0.2, 0.25) is 10.0 Å². The van der Waals surface area contributed by atoms with Gasteiger partial charge in [-0.3, -0.25) is 19.2 Å². The van der Waals surface area contributed by atoms with Crippen molar-refractivity contribution in [3.63, 3.8) is 0 Å². The van der Waals surface area contributed by atoms with E-state index < -0.39 is 36.1 Å². The van der Waals surface area contributed by atoms with E-state index in [1.54, 1.807) is 30.3 Å². The first-order chi connectivity index (χ1) is 16.4. The molecule has 1 saturated heterocycles. The minimum Gasteiger partial charge on any atom is -0.292 e. The quantitative estimate of drug-likeness (QED) is 0.353. The van der Waals surface area contributed by atoms with Crippen molar-refractivity contribution in [2.75, 3.05) is 6.54 Å². The summed E-state index contributed by atoms with van der Waals surface area (Å²) in [6.07, 6.45) is 5.16. The predicted molar refractivity (Wildman–Crippen MR) is 125 cm³/mol. The van der Waals surface area contributed by atoms with Crippen LogP contribution in [0.3, 0.4) is 0 Å². The maximum Gasteiger partial charge on any atom is 0.273 e. The van der Waals surface area contributed by atoms with Gasteiger partial charge < -0.3 is 0 Å². The number of benzene rings is 2. The molecule has 4 aliphatic carbocycles. The molecule has 2 aromatic carbocycles. The van der Waals surface area contributed by atoms with Crippen LogP contribution in [-0.2, 0) is 9.59 Å². The standard InChI is InChI=1S/C26H20Cl2N2O4/c27-19-9-6-14(10-20(19)28)24(32)29(12-21(31)13-4-2-1-3-5-13)30-25(33)22-15-7-8-16(18-11-17(15)18)23(22)26(30)34/h1-10,15-18,22-23H,11-12H2/t15-,16-,17-,18-,22-,23+/m0/s1. The van der Waals surface area contributed by atoms with Crippen LogP contribution in [0.4, 0.5) is 0 Å². The number of carbonyl (C=O) groups is 4. The molecule has 5 aliphatic rings. The zero-order chi connectivity index (χ0) is 23.7. The average molecular weight is 495 g/mol. The van der Waals surface area contributed by atoms with Gasteiger partial charge in [-0.05, 0) is 48.3 Å². The van der Waals surface area contributed by atoms with Crippen LogP contribution < -0.4 is 0 Å². The van der Waals surface area contributed by atoms with Crippen molar-refractivity contribution in [3.05, 3.63) is 81.9 Å². The molecule has 3 fully saturated rings. The van der Waals surface area contributed by atoms with E-state index >= 15 is 0 Å². The second-order valence-corrected chi connectivity index (χ2v) is 10.2. The summed E-state index contributed by atoms with van der Waals surface area (Å²) in [5.41, 5.74) is 0.517. The normalized spacial score (nSPS) is 30.2. The molecule has 0 aromatic heterocycles. The van der Waals surface area contributed by atoms with Gasteiger partial charge >= 0.3 is 0 Å². The van der Waals surface area contributed by atoms with Crippen molar-refractivity contribution in [3.8, 4) is 0 Å². The molecule has 6 nitrogen and oxygen atoms in total. The van der Waals surface area contributed by atoms with Crippen molar-refractivity contribution >= 4 is 46.7 Å². The highest BCUT2D eigenvalue weighted by molar-refractivity contribution is 6.42. The van der Waals surface area contributed by atoms with Gasteiger partial charge in [-0.15, -0.1) is 0 Å². The van der Waals surface area contributed by atoms with Gasteiger partial charge in [-0.25, -0.2) is 5.01 Å². The van der Waals surface area contributed by atoms with Crippen molar-refractivity contribution in [1.29, 1.82) is 0 Å². The Hall–Kier alpha value is -2.96. The van der Waals surface area contributed by atoms with E-state index in [4.69, 9.17) is 23.2 Å². The Bertz CT molecular complexity index is 1240. The fourth-order valence-corrected chi connectivity index (χ4v) is 6.34. The van der Waals surface area contributed by atoms with Crippen LogP contribution in [0.5, 0.6) is 0 Å². The first kappa shape index (κ1) is 21.6. The van der Waals surface area contributed by atoms with Gasteiger partial charge in [0.15, 0.2) is 5.78 Å². The number of hydrogen-bond donors (Lipinski definition) is 0. The highest BCUT2D eigenvalue weighted by Crippen LogP contribution is 2.65. The summed E-state index contributed by atoms with van der Waals surface area (Å²) in [6.45, 7) is -0.449. The molecule has 0 unspecified atom stereocenters. The van der Waals surface area contributed by atoms with E-state index in [9.17, 15) is 19.2 Å². The number of nitrogens with zero attached hydrogens (tertiary/aromatic N) is 2. The number of hydrogen-bond acceptors (Lipinski definition) is 4. The molecule has 172 valence electrons. The van der Waals surface area contributed by atoms with Gasteiger partial charge in [0, 0.05) is 11.1 Å². The number of allylic oxidation sites excluding steroid dienone is 2. The number of rotatable bonds is 5. The average Bonchev–Trinajstić information content (AvgIpc) is 3.63. The zero-order valence-corrected chi connectivity index (χ0v) is 19.4. The predicted octanol–water partition coefficient (Wildman–Crippen LogP) is 4.29. The summed E-state index contributed by atoms with van der Waals surface area (Å²) in [5.74, 6) is -1.95.